The van der Waals surface area contributed by atoms with Gasteiger partial charge in [-0.1, -0.05) is 28.1 Å². The standard InChI is InChI=1S/C15H6BrF17O/c16-6-3-1-5(2-4-6)7(34)8(17,18)9(19,20)10(21,22)11(23,24)12(25,26)13(27,28)14(29,30)15(31,32)33/h1-4,7,34H. The Morgan fingerprint density at radius 1 is 0.500 bits per heavy atom. The number of halogens is 18. The lowest BCUT2D eigenvalue weighted by Gasteiger charge is -2.43. The first-order valence-electron chi connectivity index (χ1n) is 7.81. The highest BCUT2D eigenvalue weighted by Crippen LogP contribution is 2.64. The fraction of sp³-hybridized carbons (Fsp3) is 0.600. The molecule has 1 atom stereocenters. The largest absolute Gasteiger partial charge is 0.460 e. The van der Waals surface area contributed by atoms with Gasteiger partial charge in [0, 0.05) is 4.47 Å². The third-order valence-corrected chi connectivity index (χ3v) is 4.80. The Labute approximate surface area is 184 Å². The Morgan fingerprint density at radius 2 is 0.794 bits per heavy atom. The van der Waals surface area contributed by atoms with Gasteiger partial charge in [-0.15, -0.1) is 0 Å². The number of alkyl halides is 17. The molecule has 0 fully saturated rings. The molecule has 1 aromatic carbocycles. The maximum absolute atomic E-state index is 13.9. The minimum Gasteiger partial charge on any atom is -0.382 e. The minimum absolute atomic E-state index is 0.0112. The van der Waals surface area contributed by atoms with E-state index in [0.717, 1.165) is 0 Å². The summed E-state index contributed by atoms with van der Waals surface area (Å²) in [6.45, 7) is 0. The normalized spacial score (nSPS) is 16.6. The fourth-order valence-electron chi connectivity index (χ4n) is 2.20. The lowest BCUT2D eigenvalue weighted by atomic mass is 9.86. The van der Waals surface area contributed by atoms with E-state index in [9.17, 15) is 79.7 Å². The van der Waals surface area contributed by atoms with Gasteiger partial charge in [0.15, 0.2) is 0 Å². The highest BCUT2D eigenvalue weighted by atomic mass is 79.9. The Hall–Kier alpha value is -1.53. The molecule has 0 aliphatic rings. The summed E-state index contributed by atoms with van der Waals surface area (Å²) in [6, 6.07) is 2.02. The molecule has 34 heavy (non-hydrogen) atoms. The lowest BCUT2D eigenvalue weighted by Crippen LogP contribution is -2.74. The van der Waals surface area contributed by atoms with Crippen LogP contribution < -0.4 is 0 Å². The zero-order valence-electron chi connectivity index (χ0n) is 15.1. The second kappa shape index (κ2) is 8.26. The molecule has 1 rings (SSSR count). The van der Waals surface area contributed by atoms with Crippen LogP contribution in [0.3, 0.4) is 0 Å². The average molecular weight is 605 g/mol. The molecular formula is C15H6BrF17O. The van der Waals surface area contributed by atoms with Crippen LogP contribution in [-0.2, 0) is 0 Å². The lowest BCUT2D eigenvalue weighted by molar-refractivity contribution is -0.464. The van der Waals surface area contributed by atoms with Crippen molar-refractivity contribution >= 4 is 15.9 Å². The van der Waals surface area contributed by atoms with Gasteiger partial charge in [-0.2, -0.15) is 74.6 Å². The number of aliphatic hydroxyl groups is 1. The van der Waals surface area contributed by atoms with Crippen molar-refractivity contribution < 1.29 is 79.7 Å². The maximum atomic E-state index is 13.9. The Balaban J connectivity index is 3.66. The Kier molecular flexibility index (Phi) is 7.41. The first-order valence-corrected chi connectivity index (χ1v) is 8.60. The van der Waals surface area contributed by atoms with E-state index >= 15 is 0 Å². The van der Waals surface area contributed by atoms with Crippen molar-refractivity contribution in [2.75, 3.05) is 0 Å². The van der Waals surface area contributed by atoms with Crippen LogP contribution in [0.2, 0.25) is 0 Å². The van der Waals surface area contributed by atoms with Crippen molar-refractivity contribution in [2.45, 2.75) is 53.7 Å². The zero-order chi connectivity index (χ0) is 27.6. The van der Waals surface area contributed by atoms with Gasteiger partial charge in [0.05, 0.1) is 0 Å². The van der Waals surface area contributed by atoms with Crippen LogP contribution >= 0.6 is 15.9 Å². The smallest absolute Gasteiger partial charge is 0.382 e. The molecule has 0 aliphatic carbocycles. The van der Waals surface area contributed by atoms with Crippen LogP contribution in [0.5, 0.6) is 0 Å². The molecule has 19 heteroatoms. The van der Waals surface area contributed by atoms with Gasteiger partial charge in [0.1, 0.15) is 6.10 Å². The van der Waals surface area contributed by atoms with Gasteiger partial charge >= 0.3 is 47.6 Å². The summed E-state index contributed by atoms with van der Waals surface area (Å²) >= 11 is 2.68. The zero-order valence-corrected chi connectivity index (χ0v) is 16.7. The van der Waals surface area contributed by atoms with Crippen LogP contribution in [0.15, 0.2) is 28.7 Å². The van der Waals surface area contributed by atoms with E-state index in [1.807, 2.05) is 0 Å². The van der Waals surface area contributed by atoms with E-state index in [-0.39, 0.29) is 4.47 Å². The predicted octanol–water partition coefficient (Wildman–Crippen LogP) is 7.49. The van der Waals surface area contributed by atoms with E-state index < -0.39 is 59.3 Å². The first-order chi connectivity index (χ1) is 14.7. The average Bonchev–Trinajstić information content (AvgIpc) is 2.66. The molecule has 0 heterocycles. The summed E-state index contributed by atoms with van der Waals surface area (Å²) in [7, 11) is 0. The molecule has 0 aromatic heterocycles. The third-order valence-electron chi connectivity index (χ3n) is 4.28. The predicted molar refractivity (Wildman–Crippen MR) is 79.8 cm³/mol. The summed E-state index contributed by atoms with van der Waals surface area (Å²) in [5.74, 6) is -57.5. The van der Waals surface area contributed by atoms with E-state index in [0.29, 0.717) is 24.3 Å². The van der Waals surface area contributed by atoms with Crippen LogP contribution in [-0.4, -0.2) is 52.7 Å². The molecule has 0 bridgehead atoms. The van der Waals surface area contributed by atoms with Crippen LogP contribution in [0, 0.1) is 0 Å². The Bertz CT molecular complexity index is 874. The van der Waals surface area contributed by atoms with Crippen molar-refractivity contribution in [2.24, 2.45) is 0 Å². The Morgan fingerprint density at radius 3 is 1.12 bits per heavy atom. The topological polar surface area (TPSA) is 20.2 Å². The second-order valence-corrected chi connectivity index (χ2v) is 7.44. The highest BCUT2D eigenvalue weighted by molar-refractivity contribution is 9.10. The highest BCUT2D eigenvalue weighted by Gasteiger charge is 2.95. The van der Waals surface area contributed by atoms with E-state index in [1.54, 1.807) is 0 Å². The number of hydrogen-bond donors (Lipinski definition) is 1. The van der Waals surface area contributed by atoms with Crippen molar-refractivity contribution in [3.8, 4) is 0 Å². The van der Waals surface area contributed by atoms with Gasteiger partial charge < -0.3 is 5.11 Å². The second-order valence-electron chi connectivity index (χ2n) is 6.52. The quantitative estimate of drug-likeness (QED) is 0.305. The van der Waals surface area contributed by atoms with Crippen LogP contribution in [0.25, 0.3) is 0 Å². The molecule has 1 nitrogen and oxygen atoms in total. The van der Waals surface area contributed by atoms with Crippen molar-refractivity contribution in [1.29, 1.82) is 0 Å². The van der Waals surface area contributed by atoms with Crippen molar-refractivity contribution in [3.63, 3.8) is 0 Å². The monoisotopic (exact) mass is 604 g/mol. The van der Waals surface area contributed by atoms with E-state index in [2.05, 4.69) is 15.9 Å². The summed E-state index contributed by atoms with van der Waals surface area (Å²) < 4.78 is 224. The molecule has 0 saturated carbocycles. The van der Waals surface area contributed by atoms with Crippen molar-refractivity contribution in [1.82, 2.24) is 0 Å². The fourth-order valence-corrected chi connectivity index (χ4v) is 2.47. The molecule has 0 spiro atoms. The molecule has 0 radical (unpaired) electrons. The van der Waals surface area contributed by atoms with E-state index in [1.165, 1.54) is 0 Å². The SMILES string of the molecule is OC(c1ccc(Br)cc1)C(F)(F)C(F)(F)C(F)(F)C(F)(F)C(F)(F)C(F)(F)C(F)(F)C(F)(F)F. The summed E-state index contributed by atoms with van der Waals surface area (Å²) in [4.78, 5) is 0. The van der Waals surface area contributed by atoms with Gasteiger partial charge in [0.25, 0.3) is 0 Å². The summed E-state index contributed by atoms with van der Waals surface area (Å²) in [6.07, 6.45) is -12.0. The van der Waals surface area contributed by atoms with Crippen LogP contribution in [0.1, 0.15) is 11.7 Å². The van der Waals surface area contributed by atoms with Crippen LogP contribution in [0.4, 0.5) is 74.6 Å². The molecule has 198 valence electrons. The van der Waals surface area contributed by atoms with Gasteiger partial charge in [-0.3, -0.25) is 0 Å². The number of benzene rings is 1. The molecule has 0 saturated heterocycles. The molecule has 1 aromatic rings. The van der Waals surface area contributed by atoms with Crippen molar-refractivity contribution in [3.05, 3.63) is 34.3 Å². The molecule has 0 amide bonds. The number of aliphatic hydroxyl groups excluding tert-OH is 1. The third kappa shape index (κ3) is 3.99. The first kappa shape index (κ1) is 30.5. The maximum Gasteiger partial charge on any atom is 0.460 e. The van der Waals surface area contributed by atoms with E-state index in [4.69, 9.17) is 0 Å². The van der Waals surface area contributed by atoms with Gasteiger partial charge in [-0.25, -0.2) is 0 Å². The minimum atomic E-state index is -8.70. The molecule has 1 unspecified atom stereocenters. The van der Waals surface area contributed by atoms with Gasteiger partial charge in [-0.05, 0) is 17.7 Å². The number of hydrogen-bond acceptors (Lipinski definition) is 1. The molecular weight excluding hydrogens is 599 g/mol. The summed E-state index contributed by atoms with van der Waals surface area (Å²) in [5.41, 5.74) is -1.44. The summed E-state index contributed by atoms with van der Waals surface area (Å²) in [5, 5.41) is 9.27. The molecule has 0 aliphatic heterocycles. The van der Waals surface area contributed by atoms with Gasteiger partial charge in [0.2, 0.25) is 0 Å². The molecule has 1 N–H and O–H groups in total. The number of rotatable bonds is 8.